The van der Waals surface area contributed by atoms with Crippen LogP contribution in [0.1, 0.15) is 44.2 Å². The second-order valence-electron chi connectivity index (χ2n) is 9.24. The van der Waals surface area contributed by atoms with Crippen LogP contribution >= 0.6 is 0 Å². The van der Waals surface area contributed by atoms with Crippen molar-refractivity contribution >= 4 is 23.3 Å². The van der Waals surface area contributed by atoms with Gasteiger partial charge in [-0.2, -0.15) is 0 Å². The number of rotatable bonds is 7. The molecule has 0 atom stereocenters. The fraction of sp³-hybridized carbons (Fsp3) is 0.172. The zero-order chi connectivity index (χ0) is 28.9. The highest BCUT2D eigenvalue weighted by atomic mass is 19.1. The van der Waals surface area contributed by atoms with Gasteiger partial charge in [-0.25, -0.2) is 28.1 Å². The Morgan fingerprint density at radius 3 is 2.12 bits per heavy atom. The molecule has 3 heterocycles. The highest BCUT2D eigenvalue weighted by Crippen LogP contribution is 2.25. The van der Waals surface area contributed by atoms with Gasteiger partial charge in [-0.15, -0.1) is 0 Å². The third kappa shape index (κ3) is 6.55. The number of pyridine rings is 1. The quantitative estimate of drug-likeness (QED) is 0.314. The first-order valence-electron chi connectivity index (χ1n) is 12.6. The molecule has 208 valence electrons. The highest BCUT2D eigenvalue weighted by molar-refractivity contribution is 6.03. The van der Waals surface area contributed by atoms with E-state index in [1.54, 1.807) is 6.07 Å². The minimum absolute atomic E-state index is 0.0277. The first-order valence-corrected chi connectivity index (χ1v) is 12.6. The minimum atomic E-state index is -0.905. The molecule has 12 heteroatoms. The molecule has 0 aliphatic carbocycles. The van der Waals surface area contributed by atoms with Crippen LogP contribution in [0.4, 0.5) is 18.9 Å². The molecule has 2 aromatic carbocycles. The van der Waals surface area contributed by atoms with Gasteiger partial charge in [0.05, 0.1) is 29.8 Å². The van der Waals surface area contributed by atoms with Crippen molar-refractivity contribution in [3.05, 3.63) is 108 Å². The van der Waals surface area contributed by atoms with Crippen LogP contribution in [-0.2, 0) is 0 Å². The first-order chi connectivity index (χ1) is 19.8. The number of hydrogen-bond acceptors (Lipinski definition) is 7. The highest BCUT2D eigenvalue weighted by Gasteiger charge is 2.30. The van der Waals surface area contributed by atoms with Gasteiger partial charge in [0.2, 0.25) is 5.88 Å². The van der Waals surface area contributed by atoms with E-state index < -0.39 is 35.1 Å². The van der Waals surface area contributed by atoms with E-state index in [-0.39, 0.29) is 41.7 Å². The molecule has 0 unspecified atom stereocenters. The van der Waals surface area contributed by atoms with Crippen LogP contribution in [0.3, 0.4) is 0 Å². The SMILES string of the molecule is O=C(Nc1ccc(Oc2ccc(F)cc2)nc1)c1cnc(C(=O)N2CCC(C(=O)c3ccc(F)cc3F)CC2)cn1. The third-order valence-corrected chi connectivity index (χ3v) is 6.48. The van der Waals surface area contributed by atoms with Gasteiger partial charge in [-0.1, -0.05) is 0 Å². The third-order valence-electron chi connectivity index (χ3n) is 6.48. The molecule has 2 amide bonds. The number of Topliss-reactive ketones (excluding diaryl/α,β-unsaturated/α-hetero) is 1. The second-order valence-corrected chi connectivity index (χ2v) is 9.24. The van der Waals surface area contributed by atoms with E-state index in [0.29, 0.717) is 30.3 Å². The number of nitrogens with zero attached hydrogens (tertiary/aromatic N) is 4. The number of hydrogen-bond donors (Lipinski definition) is 1. The molecule has 0 spiro atoms. The maximum absolute atomic E-state index is 14.0. The fourth-order valence-electron chi connectivity index (χ4n) is 4.30. The molecule has 41 heavy (non-hydrogen) atoms. The lowest BCUT2D eigenvalue weighted by molar-refractivity contribution is 0.0643. The van der Waals surface area contributed by atoms with Gasteiger partial charge in [-0.3, -0.25) is 14.4 Å². The summed E-state index contributed by atoms with van der Waals surface area (Å²) >= 11 is 0. The van der Waals surface area contributed by atoms with E-state index in [1.807, 2.05) is 0 Å². The van der Waals surface area contributed by atoms with Crippen molar-refractivity contribution in [2.45, 2.75) is 12.8 Å². The number of piperidine rings is 1. The van der Waals surface area contributed by atoms with Gasteiger partial charge in [0.1, 0.15) is 34.6 Å². The van der Waals surface area contributed by atoms with Crippen molar-refractivity contribution in [2.75, 3.05) is 18.4 Å². The van der Waals surface area contributed by atoms with Crippen molar-refractivity contribution in [3.63, 3.8) is 0 Å². The van der Waals surface area contributed by atoms with Crippen molar-refractivity contribution in [1.29, 1.82) is 0 Å². The maximum Gasteiger partial charge on any atom is 0.275 e. The zero-order valence-electron chi connectivity index (χ0n) is 21.4. The van der Waals surface area contributed by atoms with E-state index in [9.17, 15) is 27.6 Å². The van der Waals surface area contributed by atoms with Gasteiger partial charge < -0.3 is 15.0 Å². The van der Waals surface area contributed by atoms with Crippen molar-refractivity contribution in [1.82, 2.24) is 19.9 Å². The van der Waals surface area contributed by atoms with E-state index in [4.69, 9.17) is 4.74 Å². The molecule has 1 N–H and O–H groups in total. The Morgan fingerprint density at radius 2 is 1.49 bits per heavy atom. The van der Waals surface area contributed by atoms with E-state index >= 15 is 0 Å². The van der Waals surface area contributed by atoms with E-state index in [0.717, 1.165) is 12.1 Å². The van der Waals surface area contributed by atoms with Crippen molar-refractivity contribution in [3.8, 4) is 11.6 Å². The van der Waals surface area contributed by atoms with Gasteiger partial charge >= 0.3 is 0 Å². The molecule has 2 aromatic heterocycles. The van der Waals surface area contributed by atoms with Crippen molar-refractivity contribution in [2.24, 2.45) is 5.92 Å². The molecule has 0 saturated carbocycles. The summed E-state index contributed by atoms with van der Waals surface area (Å²) in [4.78, 5) is 51.9. The smallest absolute Gasteiger partial charge is 0.275 e. The Morgan fingerprint density at radius 1 is 0.805 bits per heavy atom. The van der Waals surface area contributed by atoms with Gasteiger partial charge in [0, 0.05) is 31.1 Å². The molecule has 1 aliphatic rings. The standard InChI is InChI=1S/C29H22F3N5O4/c30-18-1-5-21(6-2-18)41-26-8-4-20(14-35-26)36-28(39)24-15-34-25(16-33-24)29(40)37-11-9-17(10-12-37)27(38)22-7-3-19(31)13-23(22)32/h1-8,13-17H,9-12H2,(H,36,39). The Labute approximate surface area is 232 Å². The summed E-state index contributed by atoms with van der Waals surface area (Å²) in [6.45, 7) is 0.492. The predicted octanol–water partition coefficient (Wildman–Crippen LogP) is 5.07. The molecule has 9 nitrogen and oxygen atoms in total. The van der Waals surface area contributed by atoms with Gasteiger partial charge in [0.25, 0.3) is 11.8 Å². The molecular formula is C29H22F3N5O4. The number of likely N-dealkylation sites (tertiary alicyclic amines) is 1. The predicted molar refractivity (Wildman–Crippen MR) is 140 cm³/mol. The Balaban J connectivity index is 1.13. The molecule has 1 saturated heterocycles. The van der Waals surface area contributed by atoms with Gasteiger partial charge in [0.15, 0.2) is 5.78 Å². The summed E-state index contributed by atoms with van der Waals surface area (Å²) in [6.07, 6.45) is 4.38. The second kappa shape index (κ2) is 11.9. The molecule has 0 radical (unpaired) electrons. The average Bonchev–Trinajstić information content (AvgIpc) is 2.99. The lowest BCUT2D eigenvalue weighted by Gasteiger charge is -2.31. The Kier molecular flexibility index (Phi) is 7.99. The number of anilines is 1. The average molecular weight is 562 g/mol. The number of carbonyl (C=O) groups excluding carboxylic acids is 3. The summed E-state index contributed by atoms with van der Waals surface area (Å²) in [5, 5.41) is 2.62. The van der Waals surface area contributed by atoms with Crippen LogP contribution < -0.4 is 10.1 Å². The number of ether oxygens (including phenoxy) is 1. The summed E-state index contributed by atoms with van der Waals surface area (Å²) in [5.41, 5.74) is 0.195. The zero-order valence-corrected chi connectivity index (χ0v) is 21.4. The summed E-state index contributed by atoms with van der Waals surface area (Å²) in [5.74, 6) is -3.31. The number of halogens is 3. The first kappa shape index (κ1) is 27.4. The molecular weight excluding hydrogens is 539 g/mol. The van der Waals surface area contributed by atoms with Gasteiger partial charge in [-0.05, 0) is 55.3 Å². The summed E-state index contributed by atoms with van der Waals surface area (Å²) in [7, 11) is 0. The molecule has 5 rings (SSSR count). The van der Waals surface area contributed by atoms with Crippen LogP contribution in [0.5, 0.6) is 11.6 Å². The van der Waals surface area contributed by atoms with Crippen LogP contribution in [-0.4, -0.2) is 50.5 Å². The lowest BCUT2D eigenvalue weighted by atomic mass is 9.88. The minimum Gasteiger partial charge on any atom is -0.439 e. The lowest BCUT2D eigenvalue weighted by Crippen LogP contribution is -2.40. The number of aromatic nitrogens is 3. The van der Waals surface area contributed by atoms with E-state index in [1.165, 1.54) is 53.8 Å². The number of benzene rings is 2. The van der Waals surface area contributed by atoms with Crippen molar-refractivity contribution < 1.29 is 32.3 Å². The van der Waals surface area contributed by atoms with Crippen LogP contribution in [0.25, 0.3) is 0 Å². The number of carbonyl (C=O) groups is 3. The Hall–Kier alpha value is -5.13. The number of nitrogens with one attached hydrogen (secondary N) is 1. The van der Waals surface area contributed by atoms with E-state index in [2.05, 4.69) is 20.3 Å². The molecule has 0 bridgehead atoms. The maximum atomic E-state index is 14.0. The number of amides is 2. The number of ketones is 1. The summed E-state index contributed by atoms with van der Waals surface area (Å²) in [6, 6.07) is 11.4. The molecule has 4 aromatic rings. The normalized spacial score (nSPS) is 13.5. The van der Waals surface area contributed by atoms with Crippen LogP contribution in [0.2, 0.25) is 0 Å². The molecule has 1 fully saturated rings. The Bertz CT molecular complexity index is 1570. The monoisotopic (exact) mass is 561 g/mol. The fourth-order valence-corrected chi connectivity index (χ4v) is 4.30. The largest absolute Gasteiger partial charge is 0.439 e. The molecule has 1 aliphatic heterocycles. The van der Waals surface area contributed by atoms with Crippen LogP contribution in [0.15, 0.2) is 73.2 Å². The topological polar surface area (TPSA) is 114 Å². The van der Waals surface area contributed by atoms with Crippen LogP contribution in [0, 0.1) is 23.4 Å². The summed E-state index contributed by atoms with van der Waals surface area (Å²) < 4.78 is 45.7.